The second kappa shape index (κ2) is 19.1. The van der Waals surface area contributed by atoms with E-state index in [0.29, 0.717) is 11.8 Å². The van der Waals surface area contributed by atoms with Crippen molar-refractivity contribution in [3.05, 3.63) is 278 Å². The number of furan rings is 2. The summed E-state index contributed by atoms with van der Waals surface area (Å²) in [6.07, 6.45) is 0. The van der Waals surface area contributed by atoms with Crippen LogP contribution in [-0.2, 0) is 0 Å². The van der Waals surface area contributed by atoms with Crippen LogP contribution in [0.3, 0.4) is 0 Å². The zero-order valence-corrected chi connectivity index (χ0v) is 50.2. The van der Waals surface area contributed by atoms with Crippen molar-refractivity contribution in [1.29, 1.82) is 0 Å². The van der Waals surface area contributed by atoms with Crippen molar-refractivity contribution in [2.24, 2.45) is 0 Å². The van der Waals surface area contributed by atoms with Crippen LogP contribution in [0.1, 0.15) is 50.7 Å². The lowest BCUT2D eigenvalue weighted by molar-refractivity contribution is 0.669. The molecule has 0 fully saturated rings. The summed E-state index contributed by atoms with van der Waals surface area (Å²) in [7, 11) is 0. The topological polar surface area (TPSA) is 41.6 Å². The van der Waals surface area contributed by atoms with Crippen molar-refractivity contribution in [3.8, 4) is 22.3 Å². The van der Waals surface area contributed by atoms with Crippen molar-refractivity contribution in [1.82, 2.24) is 8.80 Å². The van der Waals surface area contributed by atoms with Gasteiger partial charge >= 0.3 is 0 Å². The molecule has 0 amide bonds. The van der Waals surface area contributed by atoms with Crippen molar-refractivity contribution in [3.63, 3.8) is 0 Å². The highest BCUT2D eigenvalue weighted by Crippen LogP contribution is 2.57. The number of hydrogen-bond acceptors (Lipinski definition) is 4. The molecule has 13 aromatic carbocycles. The molecular formula is C84H58N4O2. The molecule has 0 spiro atoms. The van der Waals surface area contributed by atoms with E-state index in [4.69, 9.17) is 8.83 Å². The highest BCUT2D eigenvalue weighted by Gasteiger charge is 2.33. The summed E-state index contributed by atoms with van der Waals surface area (Å²) in [5.74, 6) is 0.770. The van der Waals surface area contributed by atoms with Crippen LogP contribution in [-0.4, -0.2) is 8.80 Å². The minimum Gasteiger partial charge on any atom is -0.454 e. The molecule has 90 heavy (non-hydrogen) atoms. The van der Waals surface area contributed by atoms with Crippen LogP contribution in [0.25, 0.3) is 142 Å². The van der Waals surface area contributed by atoms with Crippen molar-refractivity contribution >= 4 is 154 Å². The van der Waals surface area contributed by atoms with Crippen LogP contribution in [0.2, 0.25) is 0 Å². The fourth-order valence-corrected chi connectivity index (χ4v) is 15.6. The van der Waals surface area contributed by atoms with Crippen molar-refractivity contribution in [2.75, 3.05) is 9.80 Å². The summed E-state index contributed by atoms with van der Waals surface area (Å²) in [6, 6.07) is 98.5. The van der Waals surface area contributed by atoms with Gasteiger partial charge in [0.25, 0.3) is 0 Å². The molecule has 0 unspecified atom stereocenters. The van der Waals surface area contributed by atoms with Crippen LogP contribution < -0.4 is 9.80 Å². The van der Waals surface area contributed by atoms with E-state index in [-0.39, 0.29) is 0 Å². The second-order valence-corrected chi connectivity index (χ2v) is 25.0. The average molecular weight is 1160 g/mol. The van der Waals surface area contributed by atoms with E-state index in [1.54, 1.807) is 0 Å². The minimum absolute atomic E-state index is 0.385. The van der Waals surface area contributed by atoms with Gasteiger partial charge in [0.1, 0.15) is 11.2 Å². The average Bonchev–Trinajstić information content (AvgIpc) is 1.50. The normalized spacial score (nSPS) is 12.4. The van der Waals surface area contributed by atoms with Crippen molar-refractivity contribution < 1.29 is 8.83 Å². The van der Waals surface area contributed by atoms with Crippen LogP contribution in [0.15, 0.2) is 276 Å². The third kappa shape index (κ3) is 6.98. The van der Waals surface area contributed by atoms with Gasteiger partial charge < -0.3 is 27.4 Å². The Bertz CT molecular complexity index is 5710. The predicted octanol–water partition coefficient (Wildman–Crippen LogP) is 24.3. The summed E-state index contributed by atoms with van der Waals surface area (Å²) in [4.78, 5) is 4.89. The lowest BCUT2D eigenvalue weighted by Gasteiger charge is -2.27. The third-order valence-electron chi connectivity index (χ3n) is 19.5. The number of fused-ring (bicyclic) bond motifs is 18. The van der Waals surface area contributed by atoms with Gasteiger partial charge in [-0.3, -0.25) is 0 Å². The summed E-state index contributed by atoms with van der Waals surface area (Å²) >= 11 is 0. The van der Waals surface area contributed by atoms with E-state index in [9.17, 15) is 0 Å². The number of rotatable bonds is 10. The fraction of sp³-hybridized carbons (Fsp3) is 0.0714. The van der Waals surface area contributed by atoms with E-state index in [1.165, 1.54) is 87.4 Å². The quantitative estimate of drug-likeness (QED) is 0.137. The zero-order valence-electron chi connectivity index (χ0n) is 50.2. The summed E-state index contributed by atoms with van der Waals surface area (Å²) in [5, 5.41) is 14.0. The number of benzene rings is 13. The molecule has 426 valence electrons. The number of para-hydroxylation sites is 6. The molecule has 6 aromatic heterocycles. The van der Waals surface area contributed by atoms with E-state index in [2.05, 4.69) is 313 Å². The van der Waals surface area contributed by atoms with E-state index >= 15 is 0 Å². The number of aromatic nitrogens is 2. The first-order chi connectivity index (χ1) is 44.4. The summed E-state index contributed by atoms with van der Waals surface area (Å²) in [5.41, 5.74) is 24.1. The van der Waals surface area contributed by atoms with Crippen LogP contribution in [0.5, 0.6) is 0 Å². The molecule has 0 aliphatic rings. The molecule has 19 aromatic rings. The first-order valence-corrected chi connectivity index (χ1v) is 31.5. The second-order valence-electron chi connectivity index (χ2n) is 25.0. The molecule has 0 saturated heterocycles. The molecule has 6 heterocycles. The summed E-state index contributed by atoms with van der Waals surface area (Å²) < 4.78 is 19.1. The molecule has 0 saturated carbocycles. The minimum atomic E-state index is 0.385. The Balaban J connectivity index is 0.952. The standard InChI is InChI=1S/C84H58N4O2/c1-49(2)51-41-45-55(46-42-51)85(69-37-17-27-59-57-25-11-13-39-71(57)89-83(59)69)65-33-19-35-67-75(65)61-29-15-31-63-77-74(54-23-9-6-10-24-54)82-78(73(53-21-7-5-8-22-53)81(77)87(67)79(61)63)64-32-16-30-62-76-66(34-20-36-68(76)88(82)80(62)64)86(56-47-43-52(44-48-56)50(3)4)70-38-18-28-60-58-26-12-14-40-72(58)90-84(60)70/h5-50H,1-4H3. The van der Waals surface area contributed by atoms with Gasteiger partial charge in [0, 0.05) is 87.1 Å². The molecule has 19 rings (SSSR count). The molecule has 6 nitrogen and oxygen atoms in total. The van der Waals surface area contributed by atoms with Gasteiger partial charge in [0.15, 0.2) is 11.2 Å². The number of anilines is 6. The molecule has 0 aliphatic carbocycles. The van der Waals surface area contributed by atoms with Gasteiger partial charge in [-0.25, -0.2) is 0 Å². The van der Waals surface area contributed by atoms with Crippen LogP contribution in [0, 0.1) is 0 Å². The van der Waals surface area contributed by atoms with Gasteiger partial charge in [0.2, 0.25) is 0 Å². The Hall–Kier alpha value is -11.3. The first kappa shape index (κ1) is 50.8. The first-order valence-electron chi connectivity index (χ1n) is 31.5. The Morgan fingerprint density at radius 2 is 0.611 bits per heavy atom. The van der Waals surface area contributed by atoms with Gasteiger partial charge in [-0.1, -0.05) is 222 Å². The lowest BCUT2D eigenvalue weighted by Crippen LogP contribution is -2.11. The predicted molar refractivity (Wildman–Crippen MR) is 379 cm³/mol. The fourth-order valence-electron chi connectivity index (χ4n) is 15.6. The molecule has 0 aliphatic heterocycles. The monoisotopic (exact) mass is 1150 g/mol. The Morgan fingerprint density at radius 3 is 1.02 bits per heavy atom. The maximum atomic E-state index is 6.92. The van der Waals surface area contributed by atoms with Crippen LogP contribution >= 0.6 is 0 Å². The Morgan fingerprint density at radius 1 is 0.278 bits per heavy atom. The maximum Gasteiger partial charge on any atom is 0.159 e. The zero-order chi connectivity index (χ0) is 59.6. The Kier molecular flexibility index (Phi) is 10.8. The largest absolute Gasteiger partial charge is 0.454 e. The third-order valence-corrected chi connectivity index (χ3v) is 19.5. The Labute approximate surface area is 518 Å². The highest BCUT2D eigenvalue weighted by molar-refractivity contribution is 6.39. The smallest absolute Gasteiger partial charge is 0.159 e. The molecule has 0 radical (unpaired) electrons. The molecule has 0 bridgehead atoms. The van der Waals surface area contributed by atoms with E-state index < -0.39 is 0 Å². The van der Waals surface area contributed by atoms with Gasteiger partial charge in [-0.15, -0.1) is 0 Å². The molecule has 0 atom stereocenters. The summed E-state index contributed by atoms with van der Waals surface area (Å²) in [6.45, 7) is 9.05. The molecule has 6 heteroatoms. The molecule has 0 N–H and O–H groups in total. The van der Waals surface area contributed by atoms with Gasteiger partial charge in [-0.2, -0.15) is 0 Å². The van der Waals surface area contributed by atoms with Gasteiger partial charge in [-0.05, 0) is 107 Å². The maximum absolute atomic E-state index is 6.92. The van der Waals surface area contributed by atoms with Crippen LogP contribution in [0.4, 0.5) is 34.1 Å². The highest BCUT2D eigenvalue weighted by atomic mass is 16.3. The van der Waals surface area contributed by atoms with E-state index in [1.807, 2.05) is 0 Å². The van der Waals surface area contributed by atoms with Crippen molar-refractivity contribution in [2.45, 2.75) is 39.5 Å². The van der Waals surface area contributed by atoms with Gasteiger partial charge in [0.05, 0.1) is 55.8 Å². The SMILES string of the molecule is CC(C)c1ccc(N(c2cccc3c2oc2ccccc23)c2cccc3c2c2cccc4c5c(-c6ccccc6)c6c(c(-c7ccccc7)c5n3c24)c2cccc3c4c(N(c5ccc(C(C)C)cc5)c5cccc7c5oc5ccccc57)cccc4n6c32)cc1. The molecular weight excluding hydrogens is 1100 g/mol. The lowest BCUT2D eigenvalue weighted by atomic mass is 9.89. The number of hydrogen-bond donors (Lipinski definition) is 0. The number of nitrogens with zero attached hydrogens (tertiary/aromatic N) is 4. The van der Waals surface area contributed by atoms with E-state index in [0.717, 1.165) is 100 Å².